The van der Waals surface area contributed by atoms with Gasteiger partial charge in [0.15, 0.2) is 0 Å². The predicted molar refractivity (Wildman–Crippen MR) is 70.1 cm³/mol. The lowest BCUT2D eigenvalue weighted by Crippen LogP contribution is -1.98. The average molecular weight is 249 g/mol. The van der Waals surface area contributed by atoms with E-state index in [4.69, 9.17) is 16.3 Å². The fourth-order valence-corrected chi connectivity index (χ4v) is 2.30. The van der Waals surface area contributed by atoms with Gasteiger partial charge in [0, 0.05) is 10.9 Å². The second kappa shape index (κ2) is 4.76. The van der Waals surface area contributed by atoms with Gasteiger partial charge in [-0.3, -0.25) is 4.79 Å². The molecule has 0 atom stereocenters. The molecule has 0 aliphatic carbocycles. The molecule has 0 unspecified atom stereocenters. The molecule has 2 aromatic rings. The van der Waals surface area contributed by atoms with Crippen molar-refractivity contribution in [3.05, 3.63) is 41.5 Å². The van der Waals surface area contributed by atoms with E-state index in [1.165, 1.54) is 0 Å². The molecule has 2 nitrogen and oxygen atoms in total. The third-order valence-electron chi connectivity index (χ3n) is 2.91. The molecule has 0 fully saturated rings. The van der Waals surface area contributed by atoms with Crippen LogP contribution in [0, 0.1) is 0 Å². The van der Waals surface area contributed by atoms with Crippen molar-refractivity contribution in [3.8, 4) is 5.75 Å². The summed E-state index contributed by atoms with van der Waals surface area (Å²) < 4.78 is 5.28. The number of ether oxygens (including phenoxy) is 1. The van der Waals surface area contributed by atoms with Crippen molar-refractivity contribution >= 4 is 27.6 Å². The van der Waals surface area contributed by atoms with Crippen molar-refractivity contribution in [2.45, 2.75) is 13.3 Å². The fourth-order valence-electron chi connectivity index (χ4n) is 2.08. The van der Waals surface area contributed by atoms with Crippen LogP contribution in [-0.2, 0) is 6.42 Å². The lowest BCUT2D eigenvalue weighted by atomic mass is 9.98. The van der Waals surface area contributed by atoms with Crippen LogP contribution in [0.3, 0.4) is 0 Å². The van der Waals surface area contributed by atoms with E-state index in [1.54, 1.807) is 7.11 Å². The lowest BCUT2D eigenvalue weighted by molar-refractivity contribution is 0.108. The largest absolute Gasteiger partial charge is 0.496 e. The second-order valence-corrected chi connectivity index (χ2v) is 4.13. The summed E-state index contributed by atoms with van der Waals surface area (Å²) in [7, 11) is 1.62. The Morgan fingerprint density at radius 3 is 2.59 bits per heavy atom. The monoisotopic (exact) mass is 248 g/mol. The molecule has 0 saturated carbocycles. The first-order valence-electron chi connectivity index (χ1n) is 5.47. The Bertz CT molecular complexity index is 576. The number of rotatable bonds is 3. The molecular formula is C14H13ClO2. The highest BCUT2D eigenvalue weighted by atomic mass is 35.5. The molecule has 0 N–H and O–H groups in total. The van der Waals surface area contributed by atoms with Crippen LogP contribution in [0.5, 0.6) is 5.75 Å². The topological polar surface area (TPSA) is 26.3 Å². The van der Waals surface area contributed by atoms with Crippen LogP contribution in [0.1, 0.15) is 22.8 Å². The molecule has 0 bridgehead atoms. The Hall–Kier alpha value is -1.54. The van der Waals surface area contributed by atoms with Crippen LogP contribution >= 0.6 is 11.6 Å². The van der Waals surface area contributed by atoms with Gasteiger partial charge < -0.3 is 4.74 Å². The lowest BCUT2D eigenvalue weighted by Gasteiger charge is -2.10. The molecule has 0 aromatic heterocycles. The zero-order valence-corrected chi connectivity index (χ0v) is 10.5. The standard InChI is InChI=1S/C14H13ClO2/c1-3-9-7-8-10-11(13(9)14(15)16)5-4-6-12(10)17-2/h4-8H,3H2,1-2H3. The number of halogens is 1. The van der Waals surface area contributed by atoms with Gasteiger partial charge in [-0.2, -0.15) is 0 Å². The van der Waals surface area contributed by atoms with E-state index in [9.17, 15) is 4.79 Å². The summed E-state index contributed by atoms with van der Waals surface area (Å²) in [6, 6.07) is 9.53. The first-order valence-corrected chi connectivity index (χ1v) is 5.85. The Kier molecular flexibility index (Phi) is 3.34. The molecule has 0 spiro atoms. The van der Waals surface area contributed by atoms with Crippen LogP contribution < -0.4 is 4.74 Å². The molecule has 0 aliphatic heterocycles. The summed E-state index contributed by atoms with van der Waals surface area (Å²) in [4.78, 5) is 11.6. The normalized spacial score (nSPS) is 10.5. The third-order valence-corrected chi connectivity index (χ3v) is 3.09. The quantitative estimate of drug-likeness (QED) is 0.773. The van der Waals surface area contributed by atoms with Crippen molar-refractivity contribution in [2.24, 2.45) is 0 Å². The van der Waals surface area contributed by atoms with E-state index in [1.807, 2.05) is 37.3 Å². The summed E-state index contributed by atoms with van der Waals surface area (Å²) in [5.41, 5.74) is 1.55. The van der Waals surface area contributed by atoms with Gasteiger partial charge in [0.25, 0.3) is 5.24 Å². The van der Waals surface area contributed by atoms with Crippen LogP contribution in [0.15, 0.2) is 30.3 Å². The third kappa shape index (κ3) is 2.01. The van der Waals surface area contributed by atoms with E-state index in [0.29, 0.717) is 5.56 Å². The Morgan fingerprint density at radius 1 is 1.24 bits per heavy atom. The molecule has 17 heavy (non-hydrogen) atoms. The van der Waals surface area contributed by atoms with Crippen LogP contribution in [0.25, 0.3) is 10.8 Å². The van der Waals surface area contributed by atoms with Crippen molar-refractivity contribution in [1.82, 2.24) is 0 Å². The zero-order valence-electron chi connectivity index (χ0n) is 9.79. The van der Waals surface area contributed by atoms with E-state index in [0.717, 1.165) is 28.5 Å². The summed E-state index contributed by atoms with van der Waals surface area (Å²) >= 11 is 5.68. The maximum Gasteiger partial charge on any atom is 0.253 e. The number of benzene rings is 2. The summed E-state index contributed by atoms with van der Waals surface area (Å²) in [6.07, 6.45) is 0.779. The highest BCUT2D eigenvalue weighted by Crippen LogP contribution is 2.30. The van der Waals surface area contributed by atoms with Crippen molar-refractivity contribution < 1.29 is 9.53 Å². The van der Waals surface area contributed by atoms with E-state index in [-0.39, 0.29) is 0 Å². The van der Waals surface area contributed by atoms with Gasteiger partial charge >= 0.3 is 0 Å². The molecule has 0 aliphatic rings. The summed E-state index contributed by atoms with van der Waals surface area (Å²) in [5.74, 6) is 0.754. The van der Waals surface area contributed by atoms with Gasteiger partial charge in [-0.1, -0.05) is 31.2 Å². The van der Waals surface area contributed by atoms with E-state index < -0.39 is 5.24 Å². The van der Waals surface area contributed by atoms with Crippen LogP contribution in [-0.4, -0.2) is 12.4 Å². The SMILES string of the molecule is CCc1ccc2c(OC)cccc2c1C(=O)Cl. The fraction of sp³-hybridized carbons (Fsp3) is 0.214. The minimum absolute atomic E-state index is 0.416. The molecule has 0 radical (unpaired) electrons. The molecule has 3 heteroatoms. The maximum atomic E-state index is 11.6. The highest BCUT2D eigenvalue weighted by molar-refractivity contribution is 6.68. The molecule has 2 aromatic carbocycles. The maximum absolute atomic E-state index is 11.6. The minimum Gasteiger partial charge on any atom is -0.496 e. The highest BCUT2D eigenvalue weighted by Gasteiger charge is 2.14. The number of hydrogen-bond acceptors (Lipinski definition) is 2. The minimum atomic E-state index is -0.416. The number of carbonyl (C=O) groups excluding carboxylic acids is 1. The van der Waals surface area contributed by atoms with Gasteiger partial charge in [0.1, 0.15) is 5.75 Å². The molecular weight excluding hydrogens is 236 g/mol. The first kappa shape index (κ1) is 11.9. The average Bonchev–Trinajstić information content (AvgIpc) is 2.36. The zero-order chi connectivity index (χ0) is 12.4. The Morgan fingerprint density at radius 2 is 2.00 bits per heavy atom. The molecule has 88 valence electrons. The predicted octanol–water partition coefficient (Wildman–Crippen LogP) is 3.79. The number of hydrogen-bond donors (Lipinski definition) is 0. The van der Waals surface area contributed by atoms with Gasteiger partial charge in [0.05, 0.1) is 7.11 Å². The van der Waals surface area contributed by atoms with Gasteiger partial charge in [0.2, 0.25) is 0 Å². The molecule has 0 saturated heterocycles. The first-order chi connectivity index (χ1) is 8.19. The van der Waals surface area contributed by atoms with E-state index >= 15 is 0 Å². The molecule has 2 rings (SSSR count). The van der Waals surface area contributed by atoms with Crippen LogP contribution in [0.4, 0.5) is 0 Å². The summed E-state index contributed by atoms with van der Waals surface area (Å²) in [5, 5.41) is 1.35. The van der Waals surface area contributed by atoms with Gasteiger partial charge in [-0.25, -0.2) is 0 Å². The molecule has 0 heterocycles. The van der Waals surface area contributed by atoms with Gasteiger partial charge in [-0.05, 0) is 35.0 Å². The van der Waals surface area contributed by atoms with Crippen molar-refractivity contribution in [2.75, 3.05) is 7.11 Å². The Balaban J connectivity index is 2.86. The number of carbonyl (C=O) groups is 1. The second-order valence-electron chi connectivity index (χ2n) is 3.78. The summed E-state index contributed by atoms with van der Waals surface area (Å²) in [6.45, 7) is 2.00. The smallest absolute Gasteiger partial charge is 0.253 e. The number of aryl methyl sites for hydroxylation is 1. The number of methoxy groups -OCH3 is 1. The molecule has 0 amide bonds. The van der Waals surface area contributed by atoms with Crippen molar-refractivity contribution in [1.29, 1.82) is 0 Å². The van der Waals surface area contributed by atoms with Crippen LogP contribution in [0.2, 0.25) is 0 Å². The van der Waals surface area contributed by atoms with Gasteiger partial charge in [-0.15, -0.1) is 0 Å². The van der Waals surface area contributed by atoms with E-state index in [2.05, 4.69) is 0 Å². The Labute approximate surface area is 105 Å². The van der Waals surface area contributed by atoms with Crippen molar-refractivity contribution in [3.63, 3.8) is 0 Å². The number of fused-ring (bicyclic) bond motifs is 1.